The van der Waals surface area contributed by atoms with Crippen molar-refractivity contribution in [3.05, 3.63) is 45.9 Å². The van der Waals surface area contributed by atoms with Gasteiger partial charge in [0.05, 0.1) is 10.6 Å². The predicted molar refractivity (Wildman–Crippen MR) is 57.5 cm³/mol. The standard InChI is InChI=1S/C10H7N5O2/c1-7-4-5-14(13-7)10-3-2-9(15(16)17)8(6-11)12-10/h2-5H,1H3. The van der Waals surface area contributed by atoms with E-state index >= 15 is 0 Å². The lowest BCUT2D eigenvalue weighted by molar-refractivity contribution is -0.385. The molecule has 0 saturated carbocycles. The van der Waals surface area contributed by atoms with Gasteiger partial charge in [-0.1, -0.05) is 0 Å². The van der Waals surface area contributed by atoms with E-state index in [1.165, 1.54) is 16.8 Å². The molecule has 0 N–H and O–H groups in total. The molecule has 7 nitrogen and oxygen atoms in total. The summed E-state index contributed by atoms with van der Waals surface area (Å²) in [5.41, 5.74) is 0.268. The van der Waals surface area contributed by atoms with E-state index in [0.29, 0.717) is 5.82 Å². The zero-order valence-electron chi connectivity index (χ0n) is 8.86. The van der Waals surface area contributed by atoms with Crippen LogP contribution >= 0.6 is 0 Å². The van der Waals surface area contributed by atoms with Gasteiger partial charge < -0.3 is 0 Å². The Bertz CT molecular complexity index is 626. The van der Waals surface area contributed by atoms with Crippen LogP contribution in [0.25, 0.3) is 5.82 Å². The lowest BCUT2D eigenvalue weighted by atomic mass is 10.3. The molecule has 2 rings (SSSR count). The molecule has 0 aliphatic heterocycles. The van der Waals surface area contributed by atoms with Crippen molar-refractivity contribution in [2.75, 3.05) is 0 Å². The monoisotopic (exact) mass is 229 g/mol. The maximum atomic E-state index is 10.6. The van der Waals surface area contributed by atoms with Crippen LogP contribution in [-0.4, -0.2) is 19.7 Å². The second-order valence-corrected chi connectivity index (χ2v) is 3.31. The molecule has 0 amide bonds. The Morgan fingerprint density at radius 1 is 1.47 bits per heavy atom. The van der Waals surface area contributed by atoms with Gasteiger partial charge in [0, 0.05) is 12.3 Å². The number of aromatic nitrogens is 3. The quantitative estimate of drug-likeness (QED) is 0.571. The van der Waals surface area contributed by atoms with E-state index < -0.39 is 4.92 Å². The fourth-order valence-corrected chi connectivity index (χ4v) is 1.34. The van der Waals surface area contributed by atoms with Gasteiger partial charge in [-0.2, -0.15) is 10.4 Å². The SMILES string of the molecule is Cc1ccn(-c2ccc([N+](=O)[O-])c(C#N)n2)n1. The molecule has 0 aliphatic carbocycles. The minimum absolute atomic E-state index is 0.222. The fraction of sp³-hybridized carbons (Fsp3) is 0.100. The highest BCUT2D eigenvalue weighted by Crippen LogP contribution is 2.17. The Hall–Kier alpha value is -2.75. The summed E-state index contributed by atoms with van der Waals surface area (Å²) >= 11 is 0. The van der Waals surface area contributed by atoms with Gasteiger partial charge in [-0.25, -0.2) is 9.67 Å². The van der Waals surface area contributed by atoms with Gasteiger partial charge in [0.15, 0.2) is 5.82 Å². The Morgan fingerprint density at radius 2 is 2.24 bits per heavy atom. The third-order valence-corrected chi connectivity index (χ3v) is 2.12. The van der Waals surface area contributed by atoms with Gasteiger partial charge >= 0.3 is 5.69 Å². The summed E-state index contributed by atoms with van der Waals surface area (Å²) in [6.45, 7) is 1.81. The maximum Gasteiger partial charge on any atom is 0.305 e. The van der Waals surface area contributed by atoms with Gasteiger partial charge in [0.2, 0.25) is 5.69 Å². The molecule has 2 aromatic rings. The molecule has 0 radical (unpaired) electrons. The first-order chi connectivity index (χ1) is 8.11. The van der Waals surface area contributed by atoms with Crippen molar-refractivity contribution in [1.82, 2.24) is 14.8 Å². The molecular weight excluding hydrogens is 222 g/mol. The largest absolute Gasteiger partial charge is 0.305 e. The molecule has 0 fully saturated rings. The number of nitro groups is 1. The van der Waals surface area contributed by atoms with Crippen LogP contribution < -0.4 is 0 Å². The van der Waals surface area contributed by atoms with E-state index in [0.717, 1.165) is 5.69 Å². The average Bonchev–Trinajstić information content (AvgIpc) is 2.75. The Morgan fingerprint density at radius 3 is 2.76 bits per heavy atom. The maximum absolute atomic E-state index is 10.6. The number of hydrogen-bond donors (Lipinski definition) is 0. The summed E-state index contributed by atoms with van der Waals surface area (Å²) in [5.74, 6) is 0.375. The van der Waals surface area contributed by atoms with Crippen molar-refractivity contribution < 1.29 is 4.92 Å². The van der Waals surface area contributed by atoms with E-state index in [1.54, 1.807) is 18.3 Å². The van der Waals surface area contributed by atoms with Crippen LogP contribution in [-0.2, 0) is 0 Å². The number of hydrogen-bond acceptors (Lipinski definition) is 5. The second kappa shape index (κ2) is 4.02. The molecule has 0 saturated heterocycles. The predicted octanol–water partition coefficient (Wildman–Crippen LogP) is 1.36. The fourth-order valence-electron chi connectivity index (χ4n) is 1.34. The van der Waals surface area contributed by atoms with Gasteiger partial charge in [0.25, 0.3) is 0 Å². The van der Waals surface area contributed by atoms with Crippen LogP contribution in [0.4, 0.5) is 5.69 Å². The molecule has 2 aromatic heterocycles. The topological polar surface area (TPSA) is 97.6 Å². The summed E-state index contributed by atoms with van der Waals surface area (Å²) in [6.07, 6.45) is 1.67. The number of rotatable bonds is 2. The van der Waals surface area contributed by atoms with Crippen molar-refractivity contribution in [2.24, 2.45) is 0 Å². The molecule has 17 heavy (non-hydrogen) atoms. The van der Waals surface area contributed by atoms with Gasteiger partial charge in [-0.15, -0.1) is 0 Å². The molecule has 7 heteroatoms. The minimum atomic E-state index is -0.635. The Labute approximate surface area is 96.1 Å². The second-order valence-electron chi connectivity index (χ2n) is 3.31. The highest BCUT2D eigenvalue weighted by Gasteiger charge is 2.16. The molecule has 0 aliphatic rings. The molecule has 0 aromatic carbocycles. The van der Waals surface area contributed by atoms with Crippen LogP contribution in [0.3, 0.4) is 0 Å². The molecule has 0 unspecified atom stereocenters. The van der Waals surface area contributed by atoms with Crippen LogP contribution in [0, 0.1) is 28.4 Å². The summed E-state index contributed by atoms with van der Waals surface area (Å²) in [5, 5.41) is 23.5. The third kappa shape index (κ3) is 1.96. The van der Waals surface area contributed by atoms with Crippen molar-refractivity contribution in [3.8, 4) is 11.9 Å². The smallest absolute Gasteiger partial charge is 0.258 e. The molecular formula is C10H7N5O2. The van der Waals surface area contributed by atoms with Gasteiger partial charge in [-0.05, 0) is 19.1 Å². The van der Waals surface area contributed by atoms with Gasteiger partial charge in [0.1, 0.15) is 6.07 Å². The van der Waals surface area contributed by atoms with Crippen molar-refractivity contribution in [1.29, 1.82) is 5.26 Å². The highest BCUT2D eigenvalue weighted by molar-refractivity contribution is 5.46. The van der Waals surface area contributed by atoms with E-state index in [-0.39, 0.29) is 11.4 Å². The van der Waals surface area contributed by atoms with Crippen molar-refractivity contribution >= 4 is 5.69 Å². The first kappa shape index (κ1) is 10.8. The van der Waals surface area contributed by atoms with E-state index in [2.05, 4.69) is 10.1 Å². The van der Waals surface area contributed by atoms with Crippen LogP contribution in [0.5, 0.6) is 0 Å². The average molecular weight is 229 g/mol. The lowest BCUT2D eigenvalue weighted by Gasteiger charge is -2.00. The number of pyridine rings is 1. The minimum Gasteiger partial charge on any atom is -0.258 e. The highest BCUT2D eigenvalue weighted by atomic mass is 16.6. The van der Waals surface area contributed by atoms with Crippen LogP contribution in [0.2, 0.25) is 0 Å². The first-order valence-electron chi connectivity index (χ1n) is 4.70. The summed E-state index contributed by atoms with van der Waals surface area (Å²) in [4.78, 5) is 13.9. The molecule has 0 spiro atoms. The number of nitrogens with zero attached hydrogens (tertiary/aromatic N) is 5. The zero-order chi connectivity index (χ0) is 12.4. The van der Waals surface area contributed by atoms with Gasteiger partial charge in [-0.3, -0.25) is 10.1 Å². The number of nitriles is 1. The molecule has 0 bridgehead atoms. The van der Waals surface area contributed by atoms with E-state index in [9.17, 15) is 10.1 Å². The van der Waals surface area contributed by atoms with E-state index in [4.69, 9.17) is 5.26 Å². The van der Waals surface area contributed by atoms with Crippen LogP contribution in [0.1, 0.15) is 11.4 Å². The first-order valence-corrected chi connectivity index (χ1v) is 4.70. The molecule has 2 heterocycles. The lowest BCUT2D eigenvalue weighted by Crippen LogP contribution is -2.02. The molecule has 84 valence electrons. The zero-order valence-corrected chi connectivity index (χ0v) is 8.86. The number of aryl methyl sites for hydroxylation is 1. The normalized spacial score (nSPS) is 9.88. The third-order valence-electron chi connectivity index (χ3n) is 2.12. The Kier molecular flexibility index (Phi) is 2.54. The summed E-state index contributed by atoms with van der Waals surface area (Å²) in [6, 6.07) is 6.17. The van der Waals surface area contributed by atoms with Crippen molar-refractivity contribution in [2.45, 2.75) is 6.92 Å². The summed E-state index contributed by atoms with van der Waals surface area (Å²) < 4.78 is 1.46. The van der Waals surface area contributed by atoms with Crippen molar-refractivity contribution in [3.63, 3.8) is 0 Å². The Balaban J connectivity index is 2.53. The summed E-state index contributed by atoms with van der Waals surface area (Å²) in [7, 11) is 0. The molecule has 0 atom stereocenters. The van der Waals surface area contributed by atoms with Crippen LogP contribution in [0.15, 0.2) is 24.4 Å². The van der Waals surface area contributed by atoms with E-state index in [1.807, 2.05) is 6.92 Å².